The van der Waals surface area contributed by atoms with E-state index in [1.807, 2.05) is 0 Å². The summed E-state index contributed by atoms with van der Waals surface area (Å²) in [6.07, 6.45) is 44.0. The fourth-order valence-electron chi connectivity index (χ4n) is 7.49. The summed E-state index contributed by atoms with van der Waals surface area (Å²) in [6.45, 7) is 4.07. The van der Waals surface area contributed by atoms with Crippen LogP contribution in [-0.2, 0) is 27.9 Å². The van der Waals surface area contributed by atoms with Gasteiger partial charge in [-0.25, -0.2) is 4.57 Å². The highest BCUT2D eigenvalue weighted by atomic mass is 31.2. The highest BCUT2D eigenvalue weighted by Gasteiger charge is 2.51. The third-order valence-electron chi connectivity index (χ3n) is 11.6. The molecule has 1 aliphatic carbocycles. The summed E-state index contributed by atoms with van der Waals surface area (Å²) < 4.78 is 34.2. The van der Waals surface area contributed by atoms with Gasteiger partial charge in [-0.3, -0.25) is 13.8 Å². The maximum atomic E-state index is 12.8. The van der Waals surface area contributed by atoms with Crippen LogP contribution < -0.4 is 0 Å². The number of hydrogen-bond donors (Lipinski definition) is 6. The Morgan fingerprint density at radius 3 is 1.36 bits per heavy atom. The molecule has 1 fully saturated rings. The Bertz CT molecular complexity index is 1360. The van der Waals surface area contributed by atoms with Gasteiger partial charge in [-0.2, -0.15) is 0 Å². The van der Waals surface area contributed by atoms with Gasteiger partial charge in [0.2, 0.25) is 0 Å². The Balaban J connectivity index is 2.35. The van der Waals surface area contributed by atoms with Crippen LogP contribution in [0.5, 0.6) is 0 Å². The molecule has 6 atom stereocenters. The lowest BCUT2D eigenvalue weighted by molar-refractivity contribution is -0.220. The van der Waals surface area contributed by atoms with Crippen molar-refractivity contribution in [3.05, 3.63) is 72.9 Å². The lowest BCUT2D eigenvalue weighted by atomic mass is 9.85. The van der Waals surface area contributed by atoms with Crippen LogP contribution in [0.4, 0.5) is 0 Å². The molecule has 13 heteroatoms. The van der Waals surface area contributed by atoms with Crippen molar-refractivity contribution in [2.45, 2.75) is 236 Å². The minimum atomic E-state index is -5.04. The smallest absolute Gasteiger partial charge is 0.457 e. The van der Waals surface area contributed by atoms with Crippen molar-refractivity contribution in [2.24, 2.45) is 0 Å². The second-order valence-corrected chi connectivity index (χ2v) is 19.0. The van der Waals surface area contributed by atoms with Crippen LogP contribution in [0.1, 0.15) is 194 Å². The molecule has 6 N–H and O–H groups in total. The molecule has 6 unspecified atom stereocenters. The summed E-state index contributed by atoms with van der Waals surface area (Å²) in [7, 11) is -5.04. The molecule has 382 valence electrons. The third-order valence-corrected chi connectivity index (χ3v) is 12.5. The van der Waals surface area contributed by atoms with Crippen LogP contribution in [0.2, 0.25) is 0 Å². The Morgan fingerprint density at radius 2 is 0.894 bits per heavy atom. The van der Waals surface area contributed by atoms with Gasteiger partial charge >= 0.3 is 13.8 Å². The van der Waals surface area contributed by atoms with Crippen molar-refractivity contribution in [3.63, 3.8) is 0 Å². The van der Waals surface area contributed by atoms with Crippen LogP contribution in [0, 0.1) is 0 Å². The van der Waals surface area contributed by atoms with Gasteiger partial charge in [0, 0.05) is 13.0 Å². The first-order valence-corrected chi connectivity index (χ1v) is 27.3. The summed E-state index contributed by atoms with van der Waals surface area (Å²) in [6, 6.07) is 0. The number of carbonyl (C=O) groups is 1. The van der Waals surface area contributed by atoms with E-state index >= 15 is 0 Å². The molecule has 0 bridgehead atoms. The number of allylic oxidation sites excluding steroid dienone is 12. The number of hydrogen-bond acceptors (Lipinski definition) is 11. The summed E-state index contributed by atoms with van der Waals surface area (Å²) in [5.74, 6) is -0.493. The summed E-state index contributed by atoms with van der Waals surface area (Å²) >= 11 is 0. The monoisotopic (exact) mass is 953 g/mol. The number of carbonyl (C=O) groups excluding carboxylic acids is 1. The summed E-state index contributed by atoms with van der Waals surface area (Å²) in [5.41, 5.74) is 0. The standard InChI is InChI=1S/C53H93O12P/c1-3-5-7-9-11-13-15-17-19-21-22-23-24-25-26-27-28-30-32-34-36-38-40-42-47(54)64-46(45-63-66(60,61)65-53-51(58)49(56)48(55)50(57)52(53)59)44-62-43-41-39-37-35-33-31-29-20-18-16-14-12-10-8-6-4-2/h6,8,12,14-15,17-18,20-22,31,33,46,48-53,55-59H,3-5,7,9-11,13,16,19,23-30,32,34-45H2,1-2H3,(H,60,61)/b8-6-,14-12-,17-15-,20-18-,22-21-,33-31-. The second-order valence-electron chi connectivity index (χ2n) is 17.6. The summed E-state index contributed by atoms with van der Waals surface area (Å²) in [4.78, 5) is 23.2. The number of ether oxygens (including phenoxy) is 2. The second kappa shape index (κ2) is 42.8. The Kier molecular flexibility index (Phi) is 40.1. The molecule has 0 aliphatic heterocycles. The van der Waals surface area contributed by atoms with Crippen molar-refractivity contribution >= 4 is 13.8 Å². The lowest BCUT2D eigenvalue weighted by Crippen LogP contribution is -2.64. The van der Waals surface area contributed by atoms with E-state index in [0.29, 0.717) is 13.0 Å². The van der Waals surface area contributed by atoms with Gasteiger partial charge in [-0.1, -0.05) is 177 Å². The van der Waals surface area contributed by atoms with Gasteiger partial charge < -0.3 is 39.9 Å². The normalized spacial score (nSPS) is 22.0. The van der Waals surface area contributed by atoms with Crippen LogP contribution in [0.15, 0.2) is 72.9 Å². The maximum Gasteiger partial charge on any atom is 0.472 e. The van der Waals surface area contributed by atoms with Gasteiger partial charge in [-0.05, 0) is 83.5 Å². The third kappa shape index (κ3) is 34.1. The number of esters is 1. The number of aliphatic hydroxyl groups excluding tert-OH is 5. The molecule has 0 aromatic rings. The van der Waals surface area contributed by atoms with E-state index < -0.39 is 63.1 Å². The topological polar surface area (TPSA) is 192 Å². The number of unbranched alkanes of at least 4 members (excludes halogenated alkanes) is 19. The molecule has 0 heterocycles. The van der Waals surface area contributed by atoms with Crippen LogP contribution in [-0.4, -0.2) is 98.9 Å². The molecule has 0 saturated heterocycles. The van der Waals surface area contributed by atoms with Crippen molar-refractivity contribution in [2.75, 3.05) is 19.8 Å². The largest absolute Gasteiger partial charge is 0.472 e. The van der Waals surface area contributed by atoms with Crippen molar-refractivity contribution in [1.29, 1.82) is 0 Å². The van der Waals surface area contributed by atoms with E-state index in [4.69, 9.17) is 18.5 Å². The Hall–Kier alpha value is -2.22. The van der Waals surface area contributed by atoms with Gasteiger partial charge in [0.25, 0.3) is 0 Å². The zero-order chi connectivity index (χ0) is 48.4. The fraction of sp³-hybridized carbons (Fsp3) is 0.755. The predicted octanol–water partition coefficient (Wildman–Crippen LogP) is 11.5. The van der Waals surface area contributed by atoms with E-state index in [-0.39, 0.29) is 13.0 Å². The SMILES string of the molecule is CC/C=C\C/C=C\C/C=C\C/C=C\CCCCCOCC(COP(=O)(O)OC1C(O)C(O)C(O)C(O)C1O)OC(=O)CCCCCCCCCCCCC/C=C\C/C=C\CCCCCCC. The molecule has 1 saturated carbocycles. The highest BCUT2D eigenvalue weighted by Crippen LogP contribution is 2.47. The Labute approximate surface area is 400 Å². The van der Waals surface area contributed by atoms with Crippen LogP contribution >= 0.6 is 7.82 Å². The molecular formula is C53H93O12P. The zero-order valence-electron chi connectivity index (χ0n) is 41.0. The lowest BCUT2D eigenvalue weighted by Gasteiger charge is -2.41. The maximum absolute atomic E-state index is 12.8. The van der Waals surface area contributed by atoms with E-state index in [2.05, 4.69) is 86.8 Å². The Morgan fingerprint density at radius 1 is 0.500 bits per heavy atom. The highest BCUT2D eigenvalue weighted by molar-refractivity contribution is 7.47. The average molecular weight is 953 g/mol. The van der Waals surface area contributed by atoms with E-state index in [0.717, 1.165) is 77.0 Å². The first kappa shape index (κ1) is 61.8. The molecule has 1 aliphatic rings. The van der Waals surface area contributed by atoms with Crippen molar-refractivity contribution in [3.8, 4) is 0 Å². The zero-order valence-corrected chi connectivity index (χ0v) is 41.9. The predicted molar refractivity (Wildman–Crippen MR) is 267 cm³/mol. The molecule has 0 aromatic heterocycles. The number of phosphoric ester groups is 1. The van der Waals surface area contributed by atoms with Gasteiger partial charge in [0.05, 0.1) is 13.2 Å². The number of phosphoric acid groups is 1. The molecular weight excluding hydrogens is 860 g/mol. The van der Waals surface area contributed by atoms with Crippen LogP contribution in [0.25, 0.3) is 0 Å². The quantitative estimate of drug-likeness (QED) is 0.0147. The number of aliphatic hydroxyl groups is 5. The van der Waals surface area contributed by atoms with Crippen molar-refractivity contribution < 1.29 is 58.3 Å². The molecule has 1 rings (SSSR count). The fourth-order valence-corrected chi connectivity index (χ4v) is 8.47. The van der Waals surface area contributed by atoms with Gasteiger partial charge in [-0.15, -0.1) is 0 Å². The molecule has 0 spiro atoms. The molecule has 66 heavy (non-hydrogen) atoms. The minimum absolute atomic E-state index is 0.102. The van der Waals surface area contributed by atoms with Crippen LogP contribution in [0.3, 0.4) is 0 Å². The van der Waals surface area contributed by atoms with Crippen molar-refractivity contribution in [1.82, 2.24) is 0 Å². The molecule has 0 radical (unpaired) electrons. The molecule has 12 nitrogen and oxygen atoms in total. The minimum Gasteiger partial charge on any atom is -0.457 e. The van der Waals surface area contributed by atoms with E-state index in [9.17, 15) is 39.8 Å². The first-order chi connectivity index (χ1) is 32.0. The summed E-state index contributed by atoms with van der Waals surface area (Å²) in [5, 5.41) is 50.3. The van der Waals surface area contributed by atoms with E-state index in [1.54, 1.807) is 0 Å². The number of rotatable bonds is 43. The van der Waals surface area contributed by atoms with Gasteiger partial charge in [0.1, 0.15) is 42.7 Å². The van der Waals surface area contributed by atoms with Gasteiger partial charge in [0.15, 0.2) is 0 Å². The molecule has 0 aromatic carbocycles. The average Bonchev–Trinajstić information content (AvgIpc) is 3.30. The first-order valence-electron chi connectivity index (χ1n) is 25.8. The molecule has 0 amide bonds. The van der Waals surface area contributed by atoms with E-state index in [1.165, 1.54) is 89.9 Å².